The minimum atomic E-state index is -1.08. The van der Waals surface area contributed by atoms with Crippen LogP contribution in [0.15, 0.2) is 36.5 Å². The molecule has 1 aromatic carbocycles. The SMILES string of the molecule is Cc1ncccc1Oc1ccc(N)c(C(=O)O)c1. The predicted molar refractivity (Wildman–Crippen MR) is 66.9 cm³/mol. The first-order chi connectivity index (χ1) is 8.58. The lowest BCUT2D eigenvalue weighted by atomic mass is 10.2. The zero-order valence-electron chi connectivity index (χ0n) is 9.75. The Morgan fingerprint density at radius 1 is 1.39 bits per heavy atom. The molecule has 0 aliphatic rings. The number of nitrogen functional groups attached to an aromatic ring is 1. The summed E-state index contributed by atoms with van der Waals surface area (Å²) in [5.74, 6) is -0.0860. The van der Waals surface area contributed by atoms with E-state index < -0.39 is 5.97 Å². The van der Waals surface area contributed by atoms with Crippen LogP contribution in [0.3, 0.4) is 0 Å². The topological polar surface area (TPSA) is 85.4 Å². The van der Waals surface area contributed by atoms with Crippen LogP contribution in [-0.4, -0.2) is 16.1 Å². The second-order valence-corrected chi connectivity index (χ2v) is 3.74. The van der Waals surface area contributed by atoms with Crippen molar-refractivity contribution < 1.29 is 14.6 Å². The lowest BCUT2D eigenvalue weighted by molar-refractivity contribution is 0.0697. The van der Waals surface area contributed by atoms with Crippen LogP contribution in [0.5, 0.6) is 11.5 Å². The highest BCUT2D eigenvalue weighted by molar-refractivity contribution is 5.94. The monoisotopic (exact) mass is 244 g/mol. The second-order valence-electron chi connectivity index (χ2n) is 3.74. The number of pyridine rings is 1. The summed E-state index contributed by atoms with van der Waals surface area (Å²) in [7, 11) is 0. The third kappa shape index (κ3) is 2.40. The van der Waals surface area contributed by atoms with Gasteiger partial charge in [0, 0.05) is 11.9 Å². The fourth-order valence-electron chi connectivity index (χ4n) is 1.49. The highest BCUT2D eigenvalue weighted by atomic mass is 16.5. The molecule has 0 fully saturated rings. The van der Waals surface area contributed by atoms with Gasteiger partial charge in [0.05, 0.1) is 11.3 Å². The molecular weight excluding hydrogens is 232 g/mol. The van der Waals surface area contributed by atoms with E-state index in [4.69, 9.17) is 15.6 Å². The Kier molecular flexibility index (Phi) is 3.14. The zero-order chi connectivity index (χ0) is 13.1. The van der Waals surface area contributed by atoms with Crippen LogP contribution in [-0.2, 0) is 0 Å². The van der Waals surface area contributed by atoms with Gasteiger partial charge in [0.1, 0.15) is 11.5 Å². The van der Waals surface area contributed by atoms with Crippen LogP contribution in [0.4, 0.5) is 5.69 Å². The Hall–Kier alpha value is -2.56. The molecule has 0 spiro atoms. The molecule has 92 valence electrons. The van der Waals surface area contributed by atoms with Crippen molar-refractivity contribution in [3.05, 3.63) is 47.8 Å². The number of ether oxygens (including phenoxy) is 1. The molecule has 0 unspecified atom stereocenters. The number of carboxylic acids is 1. The molecule has 0 aliphatic heterocycles. The summed E-state index contributed by atoms with van der Waals surface area (Å²) in [6, 6.07) is 8.03. The van der Waals surface area contributed by atoms with Gasteiger partial charge in [0.15, 0.2) is 0 Å². The maximum absolute atomic E-state index is 10.9. The van der Waals surface area contributed by atoms with Gasteiger partial charge >= 0.3 is 5.97 Å². The fraction of sp³-hybridized carbons (Fsp3) is 0.0769. The van der Waals surface area contributed by atoms with E-state index in [1.54, 1.807) is 24.4 Å². The van der Waals surface area contributed by atoms with E-state index in [0.29, 0.717) is 11.5 Å². The average Bonchev–Trinajstić information content (AvgIpc) is 2.34. The average molecular weight is 244 g/mol. The number of hydrogen-bond donors (Lipinski definition) is 2. The van der Waals surface area contributed by atoms with Crippen LogP contribution < -0.4 is 10.5 Å². The van der Waals surface area contributed by atoms with Crippen molar-refractivity contribution in [3.63, 3.8) is 0 Å². The Bertz CT molecular complexity index is 597. The van der Waals surface area contributed by atoms with E-state index in [1.807, 2.05) is 6.92 Å². The number of nitrogens with zero attached hydrogens (tertiary/aromatic N) is 1. The largest absolute Gasteiger partial charge is 0.478 e. The number of carbonyl (C=O) groups is 1. The summed E-state index contributed by atoms with van der Waals surface area (Å²) in [5, 5.41) is 8.96. The summed E-state index contributed by atoms with van der Waals surface area (Å²) in [5.41, 5.74) is 6.52. The molecule has 1 aromatic heterocycles. The Labute approximate surface area is 104 Å². The number of nitrogens with two attached hydrogens (primary N) is 1. The maximum Gasteiger partial charge on any atom is 0.337 e. The highest BCUT2D eigenvalue weighted by Crippen LogP contribution is 2.26. The molecule has 2 rings (SSSR count). The summed E-state index contributed by atoms with van der Waals surface area (Å²) in [6.07, 6.45) is 1.66. The highest BCUT2D eigenvalue weighted by Gasteiger charge is 2.10. The quantitative estimate of drug-likeness (QED) is 0.810. The first-order valence-electron chi connectivity index (χ1n) is 5.30. The lowest BCUT2D eigenvalue weighted by Gasteiger charge is -2.09. The summed E-state index contributed by atoms with van der Waals surface area (Å²) >= 11 is 0. The standard InChI is InChI=1S/C13H12N2O3/c1-8-12(3-2-6-15-8)18-9-4-5-11(14)10(7-9)13(16)17/h2-7H,14H2,1H3,(H,16,17). The van der Waals surface area contributed by atoms with Crippen molar-refractivity contribution in [3.8, 4) is 11.5 Å². The molecule has 3 N–H and O–H groups in total. The van der Waals surface area contributed by atoms with Gasteiger partial charge in [-0.3, -0.25) is 4.98 Å². The number of anilines is 1. The molecule has 0 saturated carbocycles. The molecule has 5 heteroatoms. The van der Waals surface area contributed by atoms with Crippen LogP contribution in [0, 0.1) is 6.92 Å². The Morgan fingerprint density at radius 2 is 2.17 bits per heavy atom. The van der Waals surface area contributed by atoms with Crippen molar-refractivity contribution in [1.82, 2.24) is 4.98 Å². The van der Waals surface area contributed by atoms with Crippen LogP contribution in [0.1, 0.15) is 16.1 Å². The summed E-state index contributed by atoms with van der Waals surface area (Å²) in [6.45, 7) is 1.81. The van der Waals surface area contributed by atoms with E-state index in [1.165, 1.54) is 12.1 Å². The molecular formula is C13H12N2O3. The van der Waals surface area contributed by atoms with E-state index in [9.17, 15) is 4.79 Å². The Morgan fingerprint density at radius 3 is 2.83 bits per heavy atom. The van der Waals surface area contributed by atoms with Crippen molar-refractivity contribution in [2.75, 3.05) is 5.73 Å². The molecule has 18 heavy (non-hydrogen) atoms. The van der Waals surface area contributed by atoms with Crippen LogP contribution >= 0.6 is 0 Å². The van der Waals surface area contributed by atoms with Crippen molar-refractivity contribution >= 4 is 11.7 Å². The van der Waals surface area contributed by atoms with Crippen LogP contribution in [0.25, 0.3) is 0 Å². The minimum absolute atomic E-state index is 0.0223. The maximum atomic E-state index is 10.9. The molecule has 5 nitrogen and oxygen atoms in total. The van der Waals surface area contributed by atoms with Gasteiger partial charge in [-0.05, 0) is 37.3 Å². The molecule has 0 bridgehead atoms. The van der Waals surface area contributed by atoms with Gasteiger partial charge in [-0.2, -0.15) is 0 Å². The minimum Gasteiger partial charge on any atom is -0.478 e. The van der Waals surface area contributed by atoms with E-state index in [0.717, 1.165) is 5.69 Å². The van der Waals surface area contributed by atoms with Gasteiger partial charge < -0.3 is 15.6 Å². The summed E-state index contributed by atoms with van der Waals surface area (Å²) in [4.78, 5) is 15.0. The van der Waals surface area contributed by atoms with Crippen molar-refractivity contribution in [2.24, 2.45) is 0 Å². The third-order valence-corrected chi connectivity index (χ3v) is 2.44. The first-order valence-corrected chi connectivity index (χ1v) is 5.30. The molecule has 0 aliphatic carbocycles. The number of aromatic carboxylic acids is 1. The van der Waals surface area contributed by atoms with Crippen molar-refractivity contribution in [1.29, 1.82) is 0 Å². The molecule has 0 radical (unpaired) electrons. The number of carboxylic acid groups (broad SMARTS) is 1. The zero-order valence-corrected chi connectivity index (χ0v) is 9.75. The normalized spacial score (nSPS) is 10.1. The van der Waals surface area contributed by atoms with Gasteiger partial charge in [-0.1, -0.05) is 0 Å². The molecule has 0 atom stereocenters. The number of aromatic nitrogens is 1. The summed E-state index contributed by atoms with van der Waals surface area (Å²) < 4.78 is 5.57. The van der Waals surface area contributed by atoms with E-state index in [-0.39, 0.29) is 11.3 Å². The number of hydrogen-bond acceptors (Lipinski definition) is 4. The van der Waals surface area contributed by atoms with Gasteiger partial charge in [0.2, 0.25) is 0 Å². The van der Waals surface area contributed by atoms with E-state index >= 15 is 0 Å². The first kappa shape index (κ1) is 11.9. The smallest absolute Gasteiger partial charge is 0.337 e. The number of rotatable bonds is 3. The van der Waals surface area contributed by atoms with Crippen LogP contribution in [0.2, 0.25) is 0 Å². The van der Waals surface area contributed by atoms with Gasteiger partial charge in [-0.15, -0.1) is 0 Å². The number of benzene rings is 1. The molecule has 1 heterocycles. The predicted octanol–water partition coefficient (Wildman–Crippen LogP) is 2.46. The lowest BCUT2D eigenvalue weighted by Crippen LogP contribution is -2.02. The molecule has 0 amide bonds. The number of aryl methyl sites for hydroxylation is 1. The fourth-order valence-corrected chi connectivity index (χ4v) is 1.49. The van der Waals surface area contributed by atoms with Crippen molar-refractivity contribution in [2.45, 2.75) is 6.92 Å². The third-order valence-electron chi connectivity index (χ3n) is 2.44. The van der Waals surface area contributed by atoms with Gasteiger partial charge in [-0.25, -0.2) is 4.79 Å². The molecule has 2 aromatic rings. The van der Waals surface area contributed by atoms with Gasteiger partial charge in [0.25, 0.3) is 0 Å². The Balaban J connectivity index is 2.33. The van der Waals surface area contributed by atoms with E-state index in [2.05, 4.69) is 4.98 Å². The second kappa shape index (κ2) is 4.75. The molecule has 0 saturated heterocycles.